The standard InChI is InChI=1S/C13H26N2O/c16-13-2-1-9-15(11-6-13)10-5-12-3-7-14-8-4-12/h12-14,16H,1-11H2. The lowest BCUT2D eigenvalue weighted by atomic mass is 9.94. The van der Waals surface area contributed by atoms with Crippen LogP contribution in [0, 0.1) is 5.92 Å². The first-order valence-corrected chi connectivity index (χ1v) is 6.96. The summed E-state index contributed by atoms with van der Waals surface area (Å²) in [5, 5.41) is 13.0. The largest absolute Gasteiger partial charge is 0.393 e. The first kappa shape index (κ1) is 12.3. The summed E-state index contributed by atoms with van der Waals surface area (Å²) in [4.78, 5) is 2.55. The number of aliphatic hydroxyl groups excluding tert-OH is 1. The van der Waals surface area contributed by atoms with Crippen molar-refractivity contribution in [3.63, 3.8) is 0 Å². The Balaban J connectivity index is 1.64. The third kappa shape index (κ3) is 4.04. The van der Waals surface area contributed by atoms with Gasteiger partial charge < -0.3 is 15.3 Å². The van der Waals surface area contributed by atoms with Crippen LogP contribution in [0.4, 0.5) is 0 Å². The summed E-state index contributed by atoms with van der Waals surface area (Å²) >= 11 is 0. The summed E-state index contributed by atoms with van der Waals surface area (Å²) in [6.07, 6.45) is 7.19. The Kier molecular flexibility index (Phi) is 5.07. The van der Waals surface area contributed by atoms with Gasteiger partial charge in [-0.15, -0.1) is 0 Å². The van der Waals surface area contributed by atoms with Crippen LogP contribution >= 0.6 is 0 Å². The summed E-state index contributed by atoms with van der Waals surface area (Å²) in [5.41, 5.74) is 0. The van der Waals surface area contributed by atoms with E-state index in [1.807, 2.05) is 0 Å². The van der Waals surface area contributed by atoms with Gasteiger partial charge >= 0.3 is 0 Å². The normalized spacial score (nSPS) is 30.2. The highest BCUT2D eigenvalue weighted by Crippen LogP contribution is 2.18. The van der Waals surface area contributed by atoms with Crippen LogP contribution in [-0.4, -0.2) is 48.8 Å². The highest BCUT2D eigenvalue weighted by molar-refractivity contribution is 4.73. The third-order valence-electron chi connectivity index (χ3n) is 4.10. The van der Waals surface area contributed by atoms with Crippen molar-refractivity contribution in [2.75, 3.05) is 32.7 Å². The van der Waals surface area contributed by atoms with Gasteiger partial charge in [0.25, 0.3) is 0 Å². The molecule has 0 amide bonds. The van der Waals surface area contributed by atoms with E-state index < -0.39 is 0 Å². The quantitative estimate of drug-likeness (QED) is 0.759. The molecule has 2 rings (SSSR count). The molecule has 0 aromatic carbocycles. The summed E-state index contributed by atoms with van der Waals surface area (Å²) < 4.78 is 0. The van der Waals surface area contributed by atoms with Gasteiger partial charge in [-0.05, 0) is 70.6 Å². The van der Waals surface area contributed by atoms with E-state index in [1.165, 1.54) is 51.9 Å². The topological polar surface area (TPSA) is 35.5 Å². The van der Waals surface area contributed by atoms with Crippen molar-refractivity contribution >= 4 is 0 Å². The lowest BCUT2D eigenvalue weighted by molar-refractivity contribution is 0.154. The van der Waals surface area contributed by atoms with E-state index in [-0.39, 0.29) is 6.10 Å². The fourth-order valence-corrected chi connectivity index (χ4v) is 2.90. The molecule has 3 heteroatoms. The molecule has 2 saturated heterocycles. The molecule has 0 aromatic rings. The molecule has 0 aliphatic carbocycles. The zero-order chi connectivity index (χ0) is 11.2. The Morgan fingerprint density at radius 1 is 1.06 bits per heavy atom. The van der Waals surface area contributed by atoms with E-state index in [1.54, 1.807) is 0 Å². The van der Waals surface area contributed by atoms with Crippen molar-refractivity contribution in [2.24, 2.45) is 5.92 Å². The fraction of sp³-hybridized carbons (Fsp3) is 1.00. The highest BCUT2D eigenvalue weighted by Gasteiger charge is 2.17. The van der Waals surface area contributed by atoms with Gasteiger partial charge in [0.1, 0.15) is 0 Å². The predicted molar refractivity (Wildman–Crippen MR) is 66.5 cm³/mol. The number of nitrogens with one attached hydrogen (secondary N) is 1. The summed E-state index contributed by atoms with van der Waals surface area (Å²) in [6, 6.07) is 0. The Morgan fingerprint density at radius 2 is 1.88 bits per heavy atom. The van der Waals surface area contributed by atoms with Crippen LogP contribution in [0.1, 0.15) is 38.5 Å². The van der Waals surface area contributed by atoms with Gasteiger partial charge in [0.05, 0.1) is 6.10 Å². The van der Waals surface area contributed by atoms with Crippen molar-refractivity contribution in [1.29, 1.82) is 0 Å². The molecule has 1 unspecified atom stereocenters. The van der Waals surface area contributed by atoms with Gasteiger partial charge in [-0.3, -0.25) is 0 Å². The molecular weight excluding hydrogens is 200 g/mol. The Bertz CT molecular complexity index is 192. The van der Waals surface area contributed by atoms with Crippen LogP contribution < -0.4 is 5.32 Å². The number of hydrogen-bond donors (Lipinski definition) is 2. The Hall–Kier alpha value is -0.120. The predicted octanol–water partition coefficient (Wildman–Crippen LogP) is 1.22. The van der Waals surface area contributed by atoms with Gasteiger partial charge in [0.15, 0.2) is 0 Å². The van der Waals surface area contributed by atoms with E-state index in [0.29, 0.717) is 0 Å². The van der Waals surface area contributed by atoms with E-state index in [0.717, 1.165) is 25.3 Å². The molecule has 2 aliphatic heterocycles. The van der Waals surface area contributed by atoms with E-state index in [4.69, 9.17) is 0 Å². The molecule has 0 spiro atoms. The molecule has 0 bridgehead atoms. The fourth-order valence-electron chi connectivity index (χ4n) is 2.90. The first-order valence-electron chi connectivity index (χ1n) is 6.96. The third-order valence-corrected chi connectivity index (χ3v) is 4.10. The summed E-state index contributed by atoms with van der Waals surface area (Å²) in [6.45, 7) is 5.97. The molecule has 2 heterocycles. The number of piperidine rings is 1. The van der Waals surface area contributed by atoms with Gasteiger partial charge in [-0.25, -0.2) is 0 Å². The van der Waals surface area contributed by atoms with E-state index in [9.17, 15) is 5.11 Å². The second-order valence-corrected chi connectivity index (χ2v) is 5.41. The maximum atomic E-state index is 9.59. The minimum Gasteiger partial charge on any atom is -0.393 e. The molecule has 0 saturated carbocycles. The Labute approximate surface area is 99.2 Å². The molecule has 94 valence electrons. The van der Waals surface area contributed by atoms with Crippen LogP contribution in [0.15, 0.2) is 0 Å². The number of likely N-dealkylation sites (tertiary alicyclic amines) is 1. The SMILES string of the molecule is OC1CCCN(CCC2CCNCC2)CC1. The van der Waals surface area contributed by atoms with Crippen LogP contribution in [0.3, 0.4) is 0 Å². The second-order valence-electron chi connectivity index (χ2n) is 5.41. The smallest absolute Gasteiger partial charge is 0.0553 e. The number of aliphatic hydroxyl groups is 1. The molecule has 0 radical (unpaired) electrons. The average Bonchev–Trinajstić information content (AvgIpc) is 2.53. The van der Waals surface area contributed by atoms with Crippen LogP contribution in [0.2, 0.25) is 0 Å². The minimum atomic E-state index is -0.0381. The molecule has 2 fully saturated rings. The zero-order valence-corrected chi connectivity index (χ0v) is 10.3. The molecule has 0 aromatic heterocycles. The second kappa shape index (κ2) is 6.58. The molecular formula is C13H26N2O. The van der Waals surface area contributed by atoms with Crippen LogP contribution in [0.25, 0.3) is 0 Å². The Morgan fingerprint density at radius 3 is 2.69 bits per heavy atom. The monoisotopic (exact) mass is 226 g/mol. The number of hydrogen-bond acceptors (Lipinski definition) is 3. The number of rotatable bonds is 3. The van der Waals surface area contributed by atoms with Crippen molar-refractivity contribution in [3.8, 4) is 0 Å². The molecule has 16 heavy (non-hydrogen) atoms. The lowest BCUT2D eigenvalue weighted by Crippen LogP contribution is -2.32. The molecule has 2 aliphatic rings. The van der Waals surface area contributed by atoms with E-state index in [2.05, 4.69) is 10.2 Å². The minimum absolute atomic E-state index is 0.0381. The number of nitrogens with zero attached hydrogens (tertiary/aromatic N) is 1. The van der Waals surface area contributed by atoms with Gasteiger partial charge in [-0.1, -0.05) is 0 Å². The summed E-state index contributed by atoms with van der Waals surface area (Å²) in [5.74, 6) is 0.939. The van der Waals surface area contributed by atoms with Gasteiger partial charge in [0.2, 0.25) is 0 Å². The molecule has 3 nitrogen and oxygen atoms in total. The average molecular weight is 226 g/mol. The van der Waals surface area contributed by atoms with Crippen LogP contribution in [0.5, 0.6) is 0 Å². The highest BCUT2D eigenvalue weighted by atomic mass is 16.3. The van der Waals surface area contributed by atoms with E-state index >= 15 is 0 Å². The van der Waals surface area contributed by atoms with Crippen molar-refractivity contribution in [2.45, 2.75) is 44.6 Å². The van der Waals surface area contributed by atoms with Crippen LogP contribution in [-0.2, 0) is 0 Å². The van der Waals surface area contributed by atoms with Gasteiger partial charge in [0, 0.05) is 6.54 Å². The maximum Gasteiger partial charge on any atom is 0.0553 e. The van der Waals surface area contributed by atoms with Crippen molar-refractivity contribution in [3.05, 3.63) is 0 Å². The molecule has 1 atom stereocenters. The molecule has 2 N–H and O–H groups in total. The lowest BCUT2D eigenvalue weighted by Gasteiger charge is -2.26. The summed E-state index contributed by atoms with van der Waals surface area (Å²) in [7, 11) is 0. The van der Waals surface area contributed by atoms with Crippen molar-refractivity contribution < 1.29 is 5.11 Å². The zero-order valence-electron chi connectivity index (χ0n) is 10.3. The maximum absolute atomic E-state index is 9.59. The first-order chi connectivity index (χ1) is 7.84. The van der Waals surface area contributed by atoms with Crippen molar-refractivity contribution in [1.82, 2.24) is 10.2 Å². The van der Waals surface area contributed by atoms with Gasteiger partial charge in [-0.2, -0.15) is 0 Å².